The number of aliphatic carboxylic acids is 1. The number of thioether (sulfide) groups is 1. The minimum absolute atomic E-state index is 0.0708. The van der Waals surface area contributed by atoms with Crippen molar-refractivity contribution in [2.75, 3.05) is 5.75 Å². The van der Waals surface area contributed by atoms with Gasteiger partial charge in [-0.05, 0) is 0 Å². The van der Waals surface area contributed by atoms with Crippen LogP contribution < -0.4 is 0 Å². The lowest BCUT2D eigenvalue weighted by atomic mass is 10.1. The topological polar surface area (TPSA) is 63.3 Å². The highest BCUT2D eigenvalue weighted by molar-refractivity contribution is 7.99. The van der Waals surface area contributed by atoms with Gasteiger partial charge in [0.25, 0.3) is 0 Å². The van der Waals surface area contributed by atoms with E-state index < -0.39 is 5.97 Å². The molecule has 2 rings (SSSR count). The molecule has 0 aliphatic rings. The number of nitrogens with zero attached hydrogens (tertiary/aromatic N) is 1. The van der Waals surface area contributed by atoms with Gasteiger partial charge in [0.2, 0.25) is 0 Å². The Morgan fingerprint density at radius 3 is 2.82 bits per heavy atom. The molecule has 0 atom stereocenters. The van der Waals surface area contributed by atoms with Gasteiger partial charge in [-0.1, -0.05) is 35.5 Å². The maximum Gasteiger partial charge on any atom is 0.313 e. The average Bonchev–Trinajstić information content (AvgIpc) is 2.78. The van der Waals surface area contributed by atoms with Crippen LogP contribution in [0, 0.1) is 0 Å². The fourth-order valence-corrected chi connectivity index (χ4v) is 1.98. The van der Waals surface area contributed by atoms with E-state index in [1.165, 1.54) is 11.8 Å². The van der Waals surface area contributed by atoms with E-state index in [1.54, 1.807) is 0 Å². The molecule has 0 radical (unpaired) electrons. The van der Waals surface area contributed by atoms with Gasteiger partial charge < -0.3 is 9.63 Å². The molecule has 88 valence electrons. The van der Waals surface area contributed by atoms with Crippen molar-refractivity contribution in [3.05, 3.63) is 42.2 Å². The lowest BCUT2D eigenvalue weighted by Gasteiger charge is -1.92. The van der Waals surface area contributed by atoms with Crippen LogP contribution in [0.5, 0.6) is 0 Å². The number of hydrogen-bond donors (Lipinski definition) is 1. The smallest absolute Gasteiger partial charge is 0.313 e. The van der Waals surface area contributed by atoms with Crippen molar-refractivity contribution < 1.29 is 14.4 Å². The first kappa shape index (κ1) is 11.7. The predicted octanol–water partition coefficient (Wildman–Crippen LogP) is 2.66. The Morgan fingerprint density at radius 1 is 1.35 bits per heavy atom. The molecular weight excluding hydrogens is 238 g/mol. The number of aromatic nitrogens is 1. The first-order valence-corrected chi connectivity index (χ1v) is 6.22. The highest BCUT2D eigenvalue weighted by Crippen LogP contribution is 2.21. The van der Waals surface area contributed by atoms with Crippen LogP contribution in [0.3, 0.4) is 0 Å². The van der Waals surface area contributed by atoms with E-state index in [-0.39, 0.29) is 5.75 Å². The van der Waals surface area contributed by atoms with E-state index in [2.05, 4.69) is 5.16 Å². The first-order valence-electron chi connectivity index (χ1n) is 5.06. The molecule has 1 N–H and O–H groups in total. The fourth-order valence-electron chi connectivity index (χ4n) is 1.36. The Kier molecular flexibility index (Phi) is 3.82. The Morgan fingerprint density at radius 2 is 2.12 bits per heavy atom. The van der Waals surface area contributed by atoms with Gasteiger partial charge in [0.05, 0.1) is 11.5 Å². The van der Waals surface area contributed by atoms with Gasteiger partial charge in [-0.2, -0.15) is 0 Å². The van der Waals surface area contributed by atoms with Crippen LogP contribution in [-0.2, 0) is 10.5 Å². The molecule has 0 aliphatic carbocycles. The predicted molar refractivity (Wildman–Crippen MR) is 65.7 cm³/mol. The molecule has 0 saturated heterocycles. The second kappa shape index (κ2) is 5.54. The van der Waals surface area contributed by atoms with Crippen molar-refractivity contribution >= 4 is 17.7 Å². The van der Waals surface area contributed by atoms with Gasteiger partial charge in [0, 0.05) is 11.6 Å². The van der Waals surface area contributed by atoms with Crippen molar-refractivity contribution in [1.29, 1.82) is 0 Å². The van der Waals surface area contributed by atoms with E-state index in [1.807, 2.05) is 36.4 Å². The zero-order chi connectivity index (χ0) is 12.1. The van der Waals surface area contributed by atoms with Crippen LogP contribution >= 0.6 is 11.8 Å². The molecule has 1 aromatic heterocycles. The van der Waals surface area contributed by atoms with Gasteiger partial charge in [0.15, 0.2) is 0 Å². The van der Waals surface area contributed by atoms with E-state index >= 15 is 0 Å². The van der Waals surface area contributed by atoms with Gasteiger partial charge in [-0.3, -0.25) is 4.79 Å². The summed E-state index contributed by atoms with van der Waals surface area (Å²) in [5.41, 5.74) is 1.77. The van der Waals surface area contributed by atoms with Crippen LogP contribution in [0.15, 0.2) is 40.9 Å². The van der Waals surface area contributed by atoms with E-state index in [9.17, 15) is 4.79 Å². The molecule has 0 spiro atoms. The van der Waals surface area contributed by atoms with Crippen LogP contribution in [0.4, 0.5) is 0 Å². The summed E-state index contributed by atoms with van der Waals surface area (Å²) in [5.74, 6) is 0.459. The second-order valence-corrected chi connectivity index (χ2v) is 4.42. The van der Waals surface area contributed by atoms with E-state index in [0.717, 1.165) is 11.3 Å². The van der Waals surface area contributed by atoms with Gasteiger partial charge in [-0.15, -0.1) is 11.8 Å². The number of carboxylic acids is 1. The molecule has 0 unspecified atom stereocenters. The monoisotopic (exact) mass is 249 g/mol. The summed E-state index contributed by atoms with van der Waals surface area (Å²) in [7, 11) is 0. The standard InChI is InChI=1S/C12H11NO3S/c14-12(15)8-17-7-10-6-11(13-16-10)9-4-2-1-3-5-9/h1-6H,7-8H2,(H,14,15). The molecule has 4 nitrogen and oxygen atoms in total. The van der Waals surface area contributed by atoms with E-state index in [0.29, 0.717) is 11.5 Å². The third kappa shape index (κ3) is 3.35. The van der Waals surface area contributed by atoms with Crippen molar-refractivity contribution in [3.8, 4) is 11.3 Å². The summed E-state index contributed by atoms with van der Waals surface area (Å²) in [6, 6.07) is 11.5. The summed E-state index contributed by atoms with van der Waals surface area (Å²) < 4.78 is 5.14. The van der Waals surface area contributed by atoms with Gasteiger partial charge in [-0.25, -0.2) is 0 Å². The Balaban J connectivity index is 1.99. The molecule has 0 bridgehead atoms. The number of hydrogen-bond acceptors (Lipinski definition) is 4. The SMILES string of the molecule is O=C(O)CSCc1cc(-c2ccccc2)no1. The quantitative estimate of drug-likeness (QED) is 0.882. The molecule has 0 amide bonds. The van der Waals surface area contributed by atoms with E-state index in [4.69, 9.17) is 9.63 Å². The number of carboxylic acid groups (broad SMARTS) is 1. The lowest BCUT2D eigenvalue weighted by Crippen LogP contribution is -1.97. The highest BCUT2D eigenvalue weighted by atomic mass is 32.2. The van der Waals surface area contributed by atoms with Crippen LogP contribution in [0.1, 0.15) is 5.76 Å². The largest absolute Gasteiger partial charge is 0.481 e. The molecule has 1 heterocycles. The number of carbonyl (C=O) groups is 1. The Bertz CT molecular complexity index is 495. The molecular formula is C12H11NO3S. The van der Waals surface area contributed by atoms with Crippen LogP contribution in [0.25, 0.3) is 11.3 Å². The molecule has 0 aliphatic heterocycles. The summed E-state index contributed by atoms with van der Waals surface area (Å²) in [4.78, 5) is 10.3. The van der Waals surface area contributed by atoms with Gasteiger partial charge in [0.1, 0.15) is 11.5 Å². The van der Waals surface area contributed by atoms with Crippen molar-refractivity contribution in [2.24, 2.45) is 0 Å². The zero-order valence-electron chi connectivity index (χ0n) is 9.00. The first-order chi connectivity index (χ1) is 8.25. The number of benzene rings is 1. The normalized spacial score (nSPS) is 10.4. The van der Waals surface area contributed by atoms with Gasteiger partial charge >= 0.3 is 5.97 Å². The minimum Gasteiger partial charge on any atom is -0.481 e. The van der Waals surface area contributed by atoms with Crippen LogP contribution in [-0.4, -0.2) is 22.0 Å². The van der Waals surface area contributed by atoms with Crippen molar-refractivity contribution in [2.45, 2.75) is 5.75 Å². The molecule has 1 aromatic carbocycles. The molecule has 0 fully saturated rings. The van der Waals surface area contributed by atoms with Crippen LogP contribution in [0.2, 0.25) is 0 Å². The molecule has 5 heteroatoms. The maximum absolute atomic E-state index is 10.3. The third-order valence-electron chi connectivity index (χ3n) is 2.10. The summed E-state index contributed by atoms with van der Waals surface area (Å²) in [6.07, 6.45) is 0. The minimum atomic E-state index is -0.821. The van der Waals surface area contributed by atoms with Crippen molar-refractivity contribution in [3.63, 3.8) is 0 Å². The van der Waals surface area contributed by atoms with Crippen molar-refractivity contribution in [1.82, 2.24) is 5.16 Å². The molecule has 0 saturated carbocycles. The average molecular weight is 249 g/mol. The molecule has 2 aromatic rings. The summed E-state index contributed by atoms with van der Waals surface area (Å²) in [6.45, 7) is 0. The summed E-state index contributed by atoms with van der Waals surface area (Å²) in [5, 5.41) is 12.5. The second-order valence-electron chi connectivity index (χ2n) is 3.43. The molecule has 17 heavy (non-hydrogen) atoms. The Labute approximate surface area is 103 Å². The highest BCUT2D eigenvalue weighted by Gasteiger charge is 2.07. The lowest BCUT2D eigenvalue weighted by molar-refractivity contribution is -0.133. The Hall–Kier alpha value is -1.75. The zero-order valence-corrected chi connectivity index (χ0v) is 9.81. The summed E-state index contributed by atoms with van der Waals surface area (Å²) >= 11 is 1.29. The number of rotatable bonds is 5. The fraction of sp³-hybridized carbons (Fsp3) is 0.167. The third-order valence-corrected chi connectivity index (χ3v) is 3.04. The maximum atomic E-state index is 10.3.